The number of anilines is 1. The van der Waals surface area contributed by atoms with Gasteiger partial charge in [0.1, 0.15) is 24.3 Å². The average Bonchev–Trinajstić information content (AvgIpc) is 2.86. The van der Waals surface area contributed by atoms with Gasteiger partial charge >= 0.3 is 21.3 Å². The van der Waals surface area contributed by atoms with Crippen molar-refractivity contribution in [2.24, 2.45) is 0 Å². The first-order valence-electron chi connectivity index (χ1n) is 6.78. The molecule has 5 N–H and O–H groups in total. The Morgan fingerprint density at radius 1 is 1.44 bits per heavy atom. The van der Waals surface area contributed by atoms with Gasteiger partial charge in [0.05, 0.1) is 6.61 Å². The summed E-state index contributed by atoms with van der Waals surface area (Å²) < 4.78 is 42.6. The minimum atomic E-state index is -4.81. The van der Waals surface area contributed by atoms with E-state index in [9.17, 15) is 18.8 Å². The third kappa shape index (κ3) is 5.68. The maximum Gasteiger partial charge on any atom is 0.472 e. The molecular formula is C10H17N3O10P2. The maximum absolute atomic E-state index is 11.9. The molecule has 25 heavy (non-hydrogen) atoms. The van der Waals surface area contributed by atoms with Gasteiger partial charge in [-0.25, -0.2) is 13.9 Å². The second kappa shape index (κ2) is 7.62. The van der Waals surface area contributed by atoms with E-state index < -0.39 is 46.4 Å². The monoisotopic (exact) mass is 401 g/mol. The quantitative estimate of drug-likeness (QED) is 0.423. The summed E-state index contributed by atoms with van der Waals surface area (Å²) in [6.07, 6.45) is -2.08. The molecular weight excluding hydrogens is 384 g/mol. The third-order valence-corrected chi connectivity index (χ3v) is 4.73. The van der Waals surface area contributed by atoms with Gasteiger partial charge in [0.25, 0.3) is 0 Å². The molecule has 1 aromatic heterocycles. The van der Waals surface area contributed by atoms with Crippen LogP contribution in [-0.4, -0.2) is 50.2 Å². The van der Waals surface area contributed by atoms with Crippen molar-refractivity contribution in [2.45, 2.75) is 24.9 Å². The highest BCUT2D eigenvalue weighted by atomic mass is 31.2. The van der Waals surface area contributed by atoms with E-state index in [1.165, 1.54) is 12.3 Å². The van der Waals surface area contributed by atoms with E-state index >= 15 is 0 Å². The minimum absolute atomic E-state index is 0.00679. The molecule has 0 aromatic carbocycles. The molecule has 1 saturated heterocycles. The van der Waals surface area contributed by atoms with E-state index in [-0.39, 0.29) is 12.2 Å². The number of phosphoric ester groups is 2. The van der Waals surface area contributed by atoms with Crippen LogP contribution in [0, 0.1) is 0 Å². The average molecular weight is 401 g/mol. The van der Waals surface area contributed by atoms with Gasteiger partial charge in [-0.2, -0.15) is 4.98 Å². The SMILES string of the molecule is COP(=O)(O)OC1CC(n2ccc(N)nc2=O)OC1COP(=O)(O)O. The smallest absolute Gasteiger partial charge is 0.383 e. The molecule has 0 bridgehead atoms. The fourth-order valence-corrected chi connectivity index (χ4v) is 3.15. The Bertz CT molecular complexity index is 764. The number of ether oxygens (including phenoxy) is 1. The van der Waals surface area contributed by atoms with E-state index in [2.05, 4.69) is 14.0 Å². The van der Waals surface area contributed by atoms with Crippen molar-refractivity contribution in [1.29, 1.82) is 0 Å². The second-order valence-electron chi connectivity index (χ2n) is 4.99. The van der Waals surface area contributed by atoms with Gasteiger partial charge in [0.15, 0.2) is 0 Å². The summed E-state index contributed by atoms with van der Waals surface area (Å²) in [6.45, 7) is -0.647. The van der Waals surface area contributed by atoms with E-state index in [0.29, 0.717) is 0 Å². The molecule has 2 rings (SSSR count). The summed E-state index contributed by atoms with van der Waals surface area (Å²) in [5.74, 6) is -0.00679. The number of phosphoric acid groups is 2. The number of aromatic nitrogens is 2. The first-order chi connectivity index (χ1) is 11.5. The zero-order valence-electron chi connectivity index (χ0n) is 12.9. The molecule has 1 aromatic rings. The second-order valence-corrected chi connectivity index (χ2v) is 7.74. The Morgan fingerprint density at radius 2 is 2.12 bits per heavy atom. The summed E-state index contributed by atoms with van der Waals surface area (Å²) in [7, 11) is -8.27. The first kappa shape index (κ1) is 20.2. The number of hydrogen-bond donors (Lipinski definition) is 4. The lowest BCUT2D eigenvalue weighted by molar-refractivity contribution is -0.0449. The summed E-state index contributed by atoms with van der Waals surface area (Å²) in [4.78, 5) is 42.4. The largest absolute Gasteiger partial charge is 0.472 e. The zero-order chi connectivity index (χ0) is 18.8. The van der Waals surface area contributed by atoms with Crippen LogP contribution in [0.5, 0.6) is 0 Å². The molecule has 4 unspecified atom stereocenters. The summed E-state index contributed by atoms with van der Waals surface area (Å²) in [6, 6.07) is 1.34. The van der Waals surface area contributed by atoms with Gasteiger partial charge in [-0.3, -0.25) is 18.1 Å². The van der Waals surface area contributed by atoms with Crippen LogP contribution in [-0.2, 0) is 27.4 Å². The maximum atomic E-state index is 11.9. The molecule has 0 spiro atoms. The first-order valence-corrected chi connectivity index (χ1v) is 9.80. The number of nitrogens with two attached hydrogens (primary N) is 1. The lowest BCUT2D eigenvalue weighted by Gasteiger charge is -2.20. The Balaban J connectivity index is 2.21. The van der Waals surface area contributed by atoms with Crippen LogP contribution in [0.25, 0.3) is 0 Å². The van der Waals surface area contributed by atoms with Crippen molar-refractivity contribution >= 4 is 21.5 Å². The van der Waals surface area contributed by atoms with Crippen LogP contribution in [0.1, 0.15) is 12.6 Å². The predicted molar refractivity (Wildman–Crippen MR) is 81.1 cm³/mol. The molecule has 0 radical (unpaired) electrons. The molecule has 0 saturated carbocycles. The third-order valence-electron chi connectivity index (χ3n) is 3.25. The normalized spacial score (nSPS) is 26.5. The highest BCUT2D eigenvalue weighted by Gasteiger charge is 2.42. The van der Waals surface area contributed by atoms with Crippen molar-refractivity contribution < 1.29 is 42.1 Å². The lowest BCUT2D eigenvalue weighted by Crippen LogP contribution is -2.29. The Labute approximate surface area is 141 Å². The fourth-order valence-electron chi connectivity index (χ4n) is 2.16. The van der Waals surface area contributed by atoms with Crippen LogP contribution in [0.15, 0.2) is 17.1 Å². The highest BCUT2D eigenvalue weighted by Crippen LogP contribution is 2.48. The molecule has 2 heterocycles. The number of hydrogen-bond acceptors (Lipinski definition) is 9. The van der Waals surface area contributed by atoms with Crippen molar-refractivity contribution in [1.82, 2.24) is 9.55 Å². The standard InChI is InChI=1S/C10H17N3O10P2/c1-20-25(18,19)23-6-4-9(13-3-2-8(11)12-10(13)14)22-7(6)5-21-24(15,16)17/h2-3,6-7,9H,4-5H2,1H3,(H,18,19)(H2,11,12,14)(H2,15,16,17). The molecule has 15 heteroatoms. The number of nitrogen functional groups attached to an aromatic ring is 1. The van der Waals surface area contributed by atoms with Gasteiger partial charge in [0, 0.05) is 19.7 Å². The van der Waals surface area contributed by atoms with Crippen LogP contribution >= 0.6 is 15.6 Å². The van der Waals surface area contributed by atoms with Gasteiger partial charge in [-0.15, -0.1) is 0 Å². The van der Waals surface area contributed by atoms with E-state index in [0.717, 1.165) is 11.7 Å². The minimum Gasteiger partial charge on any atom is -0.383 e. The topological polar surface area (TPSA) is 193 Å². The van der Waals surface area contributed by atoms with Crippen LogP contribution in [0.4, 0.5) is 5.82 Å². The molecule has 1 aliphatic heterocycles. The summed E-state index contributed by atoms with van der Waals surface area (Å²) in [5, 5.41) is 0. The van der Waals surface area contributed by atoms with Gasteiger partial charge < -0.3 is 25.2 Å². The Hall–Kier alpha value is -1.14. The van der Waals surface area contributed by atoms with Crippen molar-refractivity contribution in [2.75, 3.05) is 19.5 Å². The van der Waals surface area contributed by atoms with Gasteiger partial charge in [-0.1, -0.05) is 0 Å². The molecule has 4 atom stereocenters. The van der Waals surface area contributed by atoms with E-state index in [4.69, 9.17) is 24.8 Å². The number of nitrogens with zero attached hydrogens (tertiary/aromatic N) is 2. The fraction of sp³-hybridized carbons (Fsp3) is 0.600. The van der Waals surface area contributed by atoms with E-state index in [1.807, 2.05) is 0 Å². The van der Waals surface area contributed by atoms with Crippen molar-refractivity contribution in [3.05, 3.63) is 22.7 Å². The Morgan fingerprint density at radius 3 is 2.68 bits per heavy atom. The Kier molecular flexibility index (Phi) is 6.15. The van der Waals surface area contributed by atoms with Gasteiger partial charge in [-0.05, 0) is 6.07 Å². The van der Waals surface area contributed by atoms with Crippen LogP contribution < -0.4 is 11.4 Å². The summed E-state index contributed by atoms with van der Waals surface area (Å²) >= 11 is 0. The lowest BCUT2D eigenvalue weighted by atomic mass is 10.2. The molecule has 1 fully saturated rings. The van der Waals surface area contributed by atoms with Crippen molar-refractivity contribution in [3.8, 4) is 0 Å². The van der Waals surface area contributed by atoms with Crippen LogP contribution in [0.3, 0.4) is 0 Å². The van der Waals surface area contributed by atoms with E-state index in [1.54, 1.807) is 0 Å². The molecule has 1 aliphatic rings. The summed E-state index contributed by atoms with van der Waals surface area (Å²) in [5.41, 5.74) is 4.66. The molecule has 0 aliphatic carbocycles. The van der Waals surface area contributed by atoms with Crippen LogP contribution in [0.2, 0.25) is 0 Å². The van der Waals surface area contributed by atoms with Gasteiger partial charge in [0.2, 0.25) is 0 Å². The predicted octanol–water partition coefficient (Wildman–Crippen LogP) is -0.646. The molecule has 142 valence electrons. The molecule has 13 nitrogen and oxygen atoms in total. The zero-order valence-corrected chi connectivity index (χ0v) is 14.7. The highest BCUT2D eigenvalue weighted by molar-refractivity contribution is 7.47. The molecule has 0 amide bonds. The van der Waals surface area contributed by atoms with Crippen molar-refractivity contribution in [3.63, 3.8) is 0 Å². The number of rotatable bonds is 7.